The van der Waals surface area contributed by atoms with Gasteiger partial charge in [0.2, 0.25) is 5.91 Å². The van der Waals surface area contributed by atoms with E-state index in [2.05, 4.69) is 11.4 Å². The number of hydrogen-bond donors (Lipinski definition) is 1. The van der Waals surface area contributed by atoms with Crippen LogP contribution in [0.25, 0.3) is 0 Å². The Labute approximate surface area is 133 Å². The van der Waals surface area contributed by atoms with Crippen LogP contribution in [0.15, 0.2) is 48.6 Å². The average molecular weight is 299 g/mol. The van der Waals surface area contributed by atoms with Crippen molar-refractivity contribution in [3.63, 3.8) is 0 Å². The summed E-state index contributed by atoms with van der Waals surface area (Å²) in [5.74, 6) is 0.877. The first-order valence-electron chi connectivity index (χ1n) is 7.92. The fourth-order valence-electron chi connectivity index (χ4n) is 3.25. The molecular formula is C19H25NO2. The molecule has 118 valence electrons. The number of rotatable bonds is 6. The quantitative estimate of drug-likeness (QED) is 0.641. The maximum absolute atomic E-state index is 11.9. The molecule has 3 heteroatoms. The van der Waals surface area contributed by atoms with Gasteiger partial charge in [0.05, 0.1) is 7.11 Å². The molecule has 1 N–H and O–H groups in total. The monoisotopic (exact) mass is 299 g/mol. The van der Waals surface area contributed by atoms with Crippen LogP contribution in [0.2, 0.25) is 0 Å². The van der Waals surface area contributed by atoms with Gasteiger partial charge in [0.15, 0.2) is 0 Å². The van der Waals surface area contributed by atoms with Crippen molar-refractivity contribution in [2.75, 3.05) is 13.7 Å². The topological polar surface area (TPSA) is 38.3 Å². The smallest absolute Gasteiger partial charge is 0.244 e. The first-order valence-corrected chi connectivity index (χ1v) is 7.92. The van der Waals surface area contributed by atoms with E-state index >= 15 is 0 Å². The Kier molecular flexibility index (Phi) is 5.82. The number of hydrogen-bond acceptors (Lipinski definition) is 2. The number of carbonyl (C=O) groups excluding carboxylic acids is 1. The molecule has 0 saturated heterocycles. The Morgan fingerprint density at radius 3 is 2.68 bits per heavy atom. The molecule has 1 amide bonds. The number of amides is 1. The average Bonchev–Trinajstić information content (AvgIpc) is 3.03. The van der Waals surface area contributed by atoms with Crippen LogP contribution in [0.1, 0.15) is 38.2 Å². The molecule has 0 unspecified atom stereocenters. The van der Waals surface area contributed by atoms with Crippen molar-refractivity contribution in [2.24, 2.45) is 0 Å². The molecule has 0 heterocycles. The zero-order chi connectivity index (χ0) is 15.8. The van der Waals surface area contributed by atoms with Crippen molar-refractivity contribution in [1.29, 1.82) is 0 Å². The Morgan fingerprint density at radius 2 is 2.00 bits per heavy atom. The van der Waals surface area contributed by atoms with Crippen LogP contribution in [-0.2, 0) is 10.2 Å². The Hall–Kier alpha value is -2.03. The van der Waals surface area contributed by atoms with E-state index in [0.29, 0.717) is 6.54 Å². The highest BCUT2D eigenvalue weighted by atomic mass is 16.5. The Bertz CT molecular complexity index is 554. The third-order valence-electron chi connectivity index (χ3n) is 4.39. The summed E-state index contributed by atoms with van der Waals surface area (Å²) in [5.41, 5.74) is 1.21. The van der Waals surface area contributed by atoms with Gasteiger partial charge in [-0.3, -0.25) is 4.79 Å². The lowest BCUT2D eigenvalue weighted by molar-refractivity contribution is -0.116. The Balaban J connectivity index is 2.14. The lowest BCUT2D eigenvalue weighted by Crippen LogP contribution is -2.38. The van der Waals surface area contributed by atoms with Gasteiger partial charge in [-0.1, -0.05) is 49.3 Å². The maximum Gasteiger partial charge on any atom is 0.244 e. The number of methoxy groups -OCH3 is 1. The van der Waals surface area contributed by atoms with Gasteiger partial charge >= 0.3 is 0 Å². The molecule has 0 bridgehead atoms. The summed E-state index contributed by atoms with van der Waals surface area (Å²) in [4.78, 5) is 11.9. The summed E-state index contributed by atoms with van der Waals surface area (Å²) < 4.78 is 5.53. The van der Waals surface area contributed by atoms with Crippen molar-refractivity contribution in [2.45, 2.75) is 38.0 Å². The van der Waals surface area contributed by atoms with Crippen molar-refractivity contribution < 1.29 is 9.53 Å². The van der Waals surface area contributed by atoms with E-state index in [1.807, 2.05) is 37.3 Å². The molecule has 1 saturated carbocycles. The molecule has 1 aromatic carbocycles. The number of ether oxygens (including phenoxy) is 1. The second-order valence-corrected chi connectivity index (χ2v) is 5.79. The van der Waals surface area contributed by atoms with E-state index in [4.69, 9.17) is 4.74 Å². The molecule has 0 aliphatic heterocycles. The van der Waals surface area contributed by atoms with Gasteiger partial charge < -0.3 is 10.1 Å². The predicted octanol–water partition coefficient (Wildman–Crippen LogP) is 3.76. The van der Waals surface area contributed by atoms with Crippen LogP contribution in [0, 0.1) is 0 Å². The van der Waals surface area contributed by atoms with Crippen LogP contribution in [-0.4, -0.2) is 19.6 Å². The van der Waals surface area contributed by atoms with Crippen molar-refractivity contribution in [3.05, 3.63) is 54.1 Å². The molecule has 0 atom stereocenters. The SMILES string of the molecule is CC=CC=CC(=O)NCC1(c2ccccc2OC)CCCC1. The van der Waals surface area contributed by atoms with Gasteiger partial charge in [0.1, 0.15) is 5.75 Å². The first-order chi connectivity index (χ1) is 10.7. The molecule has 1 aliphatic rings. The van der Waals surface area contributed by atoms with E-state index in [1.54, 1.807) is 19.3 Å². The van der Waals surface area contributed by atoms with Gasteiger partial charge in [-0.05, 0) is 25.8 Å². The largest absolute Gasteiger partial charge is 0.496 e. The lowest BCUT2D eigenvalue weighted by Gasteiger charge is -2.31. The summed E-state index contributed by atoms with van der Waals surface area (Å²) in [5, 5.41) is 3.06. The Morgan fingerprint density at radius 1 is 1.27 bits per heavy atom. The minimum Gasteiger partial charge on any atom is -0.496 e. The van der Waals surface area contributed by atoms with Gasteiger partial charge in [0.25, 0.3) is 0 Å². The number of para-hydroxylation sites is 1. The zero-order valence-electron chi connectivity index (χ0n) is 13.5. The highest BCUT2D eigenvalue weighted by molar-refractivity contribution is 5.87. The van der Waals surface area contributed by atoms with Gasteiger partial charge in [-0.25, -0.2) is 0 Å². The van der Waals surface area contributed by atoms with Crippen molar-refractivity contribution in [1.82, 2.24) is 5.32 Å². The second-order valence-electron chi connectivity index (χ2n) is 5.79. The highest BCUT2D eigenvalue weighted by Gasteiger charge is 2.37. The van der Waals surface area contributed by atoms with Crippen molar-refractivity contribution in [3.8, 4) is 5.75 Å². The molecule has 0 radical (unpaired) electrons. The normalized spacial score (nSPS) is 17.2. The lowest BCUT2D eigenvalue weighted by atomic mass is 9.78. The summed E-state index contributed by atoms with van der Waals surface area (Å²) in [6, 6.07) is 8.17. The maximum atomic E-state index is 11.9. The van der Waals surface area contributed by atoms with E-state index in [9.17, 15) is 4.79 Å². The number of carbonyl (C=O) groups is 1. The minimum absolute atomic E-state index is 0.00327. The summed E-state index contributed by atoms with van der Waals surface area (Å²) in [6.45, 7) is 2.59. The summed E-state index contributed by atoms with van der Waals surface area (Å²) >= 11 is 0. The standard InChI is InChI=1S/C19H25NO2/c1-3-4-5-12-18(21)20-15-19(13-8-9-14-19)16-10-6-7-11-17(16)22-2/h3-7,10-12H,8-9,13-15H2,1-2H3,(H,20,21). The van der Waals surface area contributed by atoms with Crippen LogP contribution in [0.4, 0.5) is 0 Å². The van der Waals surface area contributed by atoms with Crippen molar-refractivity contribution >= 4 is 5.91 Å². The zero-order valence-corrected chi connectivity index (χ0v) is 13.5. The molecule has 1 fully saturated rings. The second kappa shape index (κ2) is 7.83. The van der Waals surface area contributed by atoms with E-state index in [1.165, 1.54) is 18.4 Å². The molecule has 0 aromatic heterocycles. The van der Waals surface area contributed by atoms with Gasteiger partial charge in [-0.15, -0.1) is 0 Å². The number of benzene rings is 1. The third-order valence-corrected chi connectivity index (χ3v) is 4.39. The molecule has 1 aromatic rings. The van der Waals surface area contributed by atoms with E-state index in [0.717, 1.165) is 18.6 Å². The molecule has 2 rings (SSSR count). The number of nitrogens with one attached hydrogen (secondary N) is 1. The van der Waals surface area contributed by atoms with E-state index in [-0.39, 0.29) is 11.3 Å². The summed E-state index contributed by atoms with van der Waals surface area (Å²) in [7, 11) is 1.71. The number of allylic oxidation sites excluding steroid dienone is 3. The molecule has 0 spiro atoms. The van der Waals surface area contributed by atoms with Gasteiger partial charge in [0, 0.05) is 23.6 Å². The molecule has 3 nitrogen and oxygen atoms in total. The minimum atomic E-state index is -0.0423. The van der Waals surface area contributed by atoms with Crippen LogP contribution >= 0.6 is 0 Å². The third kappa shape index (κ3) is 3.79. The van der Waals surface area contributed by atoms with E-state index < -0.39 is 0 Å². The first kappa shape index (κ1) is 16.3. The van der Waals surface area contributed by atoms with Gasteiger partial charge in [-0.2, -0.15) is 0 Å². The molecule has 22 heavy (non-hydrogen) atoms. The van der Waals surface area contributed by atoms with Crippen LogP contribution in [0.3, 0.4) is 0 Å². The fraction of sp³-hybridized carbons (Fsp3) is 0.421. The molecule has 1 aliphatic carbocycles. The molecular weight excluding hydrogens is 274 g/mol. The highest BCUT2D eigenvalue weighted by Crippen LogP contribution is 2.44. The summed E-state index contributed by atoms with van der Waals surface area (Å²) in [6.07, 6.45) is 11.7. The van der Waals surface area contributed by atoms with Crippen LogP contribution < -0.4 is 10.1 Å². The fourth-order valence-corrected chi connectivity index (χ4v) is 3.25. The predicted molar refractivity (Wildman–Crippen MR) is 90.1 cm³/mol. The van der Waals surface area contributed by atoms with Crippen LogP contribution in [0.5, 0.6) is 5.75 Å².